The minimum Gasteiger partial charge on any atom is -0.330 e. The highest BCUT2D eigenvalue weighted by molar-refractivity contribution is 5.85. The molecule has 3 heteroatoms. The fraction of sp³-hybridized carbons (Fsp3) is 0.500. The van der Waals surface area contributed by atoms with Crippen LogP contribution >= 0.6 is 12.4 Å². The Balaban J connectivity index is 0.00000196. The van der Waals surface area contributed by atoms with Crippen molar-refractivity contribution in [3.8, 4) is 0 Å². The maximum absolute atomic E-state index is 5.99. The van der Waals surface area contributed by atoms with Gasteiger partial charge in [0.15, 0.2) is 0 Å². The Bertz CT molecular complexity index is 287. The third kappa shape index (κ3) is 4.20. The number of halogens is 1. The summed E-state index contributed by atoms with van der Waals surface area (Å²) in [5.74, 6) is 0.556. The molecule has 0 saturated heterocycles. The van der Waals surface area contributed by atoms with Gasteiger partial charge in [-0.05, 0) is 30.0 Å². The van der Waals surface area contributed by atoms with Crippen LogP contribution in [0, 0.1) is 0 Å². The van der Waals surface area contributed by atoms with Gasteiger partial charge in [-0.25, -0.2) is 0 Å². The van der Waals surface area contributed by atoms with Crippen molar-refractivity contribution in [3.05, 3.63) is 35.4 Å². The second-order valence-electron chi connectivity index (χ2n) is 4.01. The van der Waals surface area contributed by atoms with Crippen molar-refractivity contribution in [3.63, 3.8) is 0 Å². The van der Waals surface area contributed by atoms with Crippen molar-refractivity contribution in [1.29, 1.82) is 0 Å². The molecule has 0 heterocycles. The van der Waals surface area contributed by atoms with Crippen LogP contribution in [0.1, 0.15) is 43.4 Å². The SMILES string of the molecule is CC(C)c1cccc([C@H](N)CCN)c1.Cl. The minimum atomic E-state index is 0. The molecule has 0 aliphatic heterocycles. The van der Waals surface area contributed by atoms with Crippen LogP contribution in [0.3, 0.4) is 0 Å². The van der Waals surface area contributed by atoms with Crippen LogP contribution in [0.25, 0.3) is 0 Å². The van der Waals surface area contributed by atoms with Gasteiger partial charge >= 0.3 is 0 Å². The summed E-state index contributed by atoms with van der Waals surface area (Å²) in [5.41, 5.74) is 14.0. The van der Waals surface area contributed by atoms with Crippen molar-refractivity contribution in [2.24, 2.45) is 11.5 Å². The maximum Gasteiger partial charge on any atom is 0.0307 e. The molecular weight excluding hydrogens is 208 g/mol. The van der Waals surface area contributed by atoms with Gasteiger partial charge < -0.3 is 11.5 Å². The Morgan fingerprint density at radius 3 is 2.33 bits per heavy atom. The van der Waals surface area contributed by atoms with Gasteiger partial charge in [-0.15, -0.1) is 12.4 Å². The maximum atomic E-state index is 5.99. The van der Waals surface area contributed by atoms with Gasteiger partial charge in [0, 0.05) is 6.04 Å². The first-order valence-corrected chi connectivity index (χ1v) is 5.20. The van der Waals surface area contributed by atoms with Crippen molar-refractivity contribution in [2.45, 2.75) is 32.2 Å². The fourth-order valence-electron chi connectivity index (χ4n) is 1.49. The van der Waals surface area contributed by atoms with Gasteiger partial charge in [-0.1, -0.05) is 38.1 Å². The molecule has 0 spiro atoms. The standard InChI is InChI=1S/C12H20N2.ClH/c1-9(2)10-4-3-5-11(8-10)12(14)6-7-13;/h3-5,8-9,12H,6-7,13-14H2,1-2H3;1H/t12-;/m1./s1. The number of nitrogens with two attached hydrogens (primary N) is 2. The van der Waals surface area contributed by atoms with E-state index >= 15 is 0 Å². The highest BCUT2D eigenvalue weighted by atomic mass is 35.5. The average molecular weight is 229 g/mol. The zero-order valence-corrected chi connectivity index (χ0v) is 10.3. The number of hydrogen-bond donors (Lipinski definition) is 2. The van der Waals surface area contributed by atoms with Crippen molar-refractivity contribution >= 4 is 12.4 Å². The molecule has 0 bridgehead atoms. The fourth-order valence-corrected chi connectivity index (χ4v) is 1.49. The van der Waals surface area contributed by atoms with Gasteiger partial charge in [-0.3, -0.25) is 0 Å². The first-order valence-electron chi connectivity index (χ1n) is 5.20. The number of hydrogen-bond acceptors (Lipinski definition) is 2. The summed E-state index contributed by atoms with van der Waals surface area (Å²) in [7, 11) is 0. The molecule has 0 unspecified atom stereocenters. The van der Waals surface area contributed by atoms with E-state index in [1.54, 1.807) is 0 Å². The quantitative estimate of drug-likeness (QED) is 0.833. The van der Waals surface area contributed by atoms with E-state index < -0.39 is 0 Å². The highest BCUT2D eigenvalue weighted by Gasteiger charge is 2.06. The van der Waals surface area contributed by atoms with E-state index in [4.69, 9.17) is 11.5 Å². The first-order chi connectivity index (χ1) is 6.65. The zero-order chi connectivity index (χ0) is 10.6. The lowest BCUT2D eigenvalue weighted by Gasteiger charge is -2.13. The van der Waals surface area contributed by atoms with Crippen LogP contribution in [-0.2, 0) is 0 Å². The second kappa shape index (κ2) is 6.83. The molecule has 4 N–H and O–H groups in total. The Morgan fingerprint density at radius 1 is 1.20 bits per heavy atom. The first kappa shape index (κ1) is 14.4. The van der Waals surface area contributed by atoms with E-state index in [2.05, 4.69) is 38.1 Å². The summed E-state index contributed by atoms with van der Waals surface area (Å²) < 4.78 is 0. The van der Waals surface area contributed by atoms with Gasteiger partial charge in [0.05, 0.1) is 0 Å². The summed E-state index contributed by atoms with van der Waals surface area (Å²) in [6.07, 6.45) is 0.849. The molecule has 0 amide bonds. The van der Waals surface area contributed by atoms with Crippen LogP contribution in [-0.4, -0.2) is 6.54 Å². The predicted molar refractivity (Wildman–Crippen MR) is 68.4 cm³/mol. The molecule has 0 aliphatic rings. The molecule has 1 atom stereocenters. The molecule has 0 saturated carbocycles. The molecule has 15 heavy (non-hydrogen) atoms. The molecule has 1 aromatic rings. The molecular formula is C12H21ClN2. The van der Waals surface area contributed by atoms with Crippen LogP contribution in [0.15, 0.2) is 24.3 Å². The predicted octanol–water partition coefficient (Wildman–Crippen LogP) is 2.58. The van der Waals surface area contributed by atoms with E-state index in [1.165, 1.54) is 11.1 Å². The largest absolute Gasteiger partial charge is 0.330 e. The minimum absolute atomic E-state index is 0. The van der Waals surface area contributed by atoms with Gasteiger partial charge in [0.1, 0.15) is 0 Å². The normalized spacial score (nSPS) is 12.3. The van der Waals surface area contributed by atoms with E-state index in [-0.39, 0.29) is 18.4 Å². The lowest BCUT2D eigenvalue weighted by molar-refractivity contribution is 0.659. The Labute approximate surface area is 98.5 Å². The molecule has 1 aromatic carbocycles. The lowest BCUT2D eigenvalue weighted by Crippen LogP contribution is -2.15. The molecule has 0 aliphatic carbocycles. The van der Waals surface area contributed by atoms with E-state index in [0.717, 1.165) is 6.42 Å². The average Bonchev–Trinajstić information content (AvgIpc) is 2.18. The molecule has 86 valence electrons. The molecule has 0 aromatic heterocycles. The van der Waals surface area contributed by atoms with E-state index in [0.29, 0.717) is 12.5 Å². The van der Waals surface area contributed by atoms with Crippen LogP contribution < -0.4 is 11.5 Å². The zero-order valence-electron chi connectivity index (χ0n) is 9.44. The number of benzene rings is 1. The topological polar surface area (TPSA) is 52.0 Å². The van der Waals surface area contributed by atoms with Gasteiger partial charge in [0.2, 0.25) is 0 Å². The summed E-state index contributed by atoms with van der Waals surface area (Å²) in [6.45, 7) is 5.02. The van der Waals surface area contributed by atoms with E-state index in [9.17, 15) is 0 Å². The lowest BCUT2D eigenvalue weighted by atomic mass is 9.97. The van der Waals surface area contributed by atoms with Crippen LogP contribution in [0.4, 0.5) is 0 Å². The Hall–Kier alpha value is -0.570. The molecule has 0 radical (unpaired) electrons. The van der Waals surface area contributed by atoms with Crippen molar-refractivity contribution in [2.75, 3.05) is 6.54 Å². The van der Waals surface area contributed by atoms with Crippen LogP contribution in [0.5, 0.6) is 0 Å². The smallest absolute Gasteiger partial charge is 0.0307 e. The van der Waals surface area contributed by atoms with E-state index in [1.807, 2.05) is 0 Å². The second-order valence-corrected chi connectivity index (χ2v) is 4.01. The monoisotopic (exact) mass is 228 g/mol. The van der Waals surface area contributed by atoms with Crippen molar-refractivity contribution in [1.82, 2.24) is 0 Å². The summed E-state index contributed by atoms with van der Waals surface area (Å²) in [4.78, 5) is 0. The number of rotatable bonds is 4. The third-order valence-corrected chi connectivity index (χ3v) is 2.48. The summed E-state index contributed by atoms with van der Waals surface area (Å²) in [5, 5.41) is 0. The summed E-state index contributed by atoms with van der Waals surface area (Å²) in [6, 6.07) is 8.56. The van der Waals surface area contributed by atoms with Crippen LogP contribution in [0.2, 0.25) is 0 Å². The highest BCUT2D eigenvalue weighted by Crippen LogP contribution is 2.20. The van der Waals surface area contributed by atoms with Crippen molar-refractivity contribution < 1.29 is 0 Å². The summed E-state index contributed by atoms with van der Waals surface area (Å²) >= 11 is 0. The molecule has 2 nitrogen and oxygen atoms in total. The van der Waals surface area contributed by atoms with Gasteiger partial charge in [-0.2, -0.15) is 0 Å². The molecule has 1 rings (SSSR count). The third-order valence-electron chi connectivity index (χ3n) is 2.48. The molecule has 0 fully saturated rings. The Morgan fingerprint density at radius 2 is 1.80 bits per heavy atom. The van der Waals surface area contributed by atoms with Gasteiger partial charge in [0.25, 0.3) is 0 Å². The Kier molecular flexibility index (Phi) is 6.57.